The zero-order valence-electron chi connectivity index (χ0n) is 18.8. The number of likely N-dealkylation sites (tertiary alicyclic amines) is 1. The van der Waals surface area contributed by atoms with E-state index in [-0.39, 0.29) is 5.91 Å². The van der Waals surface area contributed by atoms with E-state index < -0.39 is 0 Å². The molecule has 2 aliphatic heterocycles. The molecule has 0 spiro atoms. The fourth-order valence-corrected chi connectivity index (χ4v) is 5.15. The number of nitrogens with zero attached hydrogens (tertiary/aromatic N) is 2. The zero-order chi connectivity index (χ0) is 21.5. The van der Waals surface area contributed by atoms with Gasteiger partial charge in [-0.1, -0.05) is 48.5 Å². The van der Waals surface area contributed by atoms with Crippen LogP contribution < -0.4 is 4.90 Å². The fraction of sp³-hybridized carbons (Fsp3) is 0.519. The third-order valence-electron chi connectivity index (χ3n) is 6.92. The van der Waals surface area contributed by atoms with Gasteiger partial charge in [0.1, 0.15) is 0 Å². The second-order valence-electron chi connectivity index (χ2n) is 8.91. The summed E-state index contributed by atoms with van der Waals surface area (Å²) < 4.78 is 5.52. The highest BCUT2D eigenvalue weighted by molar-refractivity contribution is 5.96. The molecule has 31 heavy (non-hydrogen) atoms. The molecule has 4 nitrogen and oxygen atoms in total. The minimum Gasteiger partial charge on any atom is -0.382 e. The molecule has 0 bridgehead atoms. The van der Waals surface area contributed by atoms with Gasteiger partial charge in [0.05, 0.1) is 6.54 Å². The molecule has 4 heteroatoms. The Labute approximate surface area is 187 Å². The van der Waals surface area contributed by atoms with Crippen molar-refractivity contribution in [1.82, 2.24) is 4.90 Å². The number of para-hydroxylation sites is 1. The monoisotopic (exact) mass is 420 g/mol. The Morgan fingerprint density at radius 1 is 0.968 bits per heavy atom. The zero-order valence-corrected chi connectivity index (χ0v) is 18.8. The highest BCUT2D eigenvalue weighted by atomic mass is 16.5. The molecular weight excluding hydrogens is 384 g/mol. The van der Waals surface area contributed by atoms with Crippen LogP contribution in [0.1, 0.15) is 56.1 Å². The van der Waals surface area contributed by atoms with Crippen LogP contribution in [0.3, 0.4) is 0 Å². The fourth-order valence-electron chi connectivity index (χ4n) is 5.15. The topological polar surface area (TPSA) is 32.8 Å². The molecule has 1 unspecified atom stereocenters. The summed E-state index contributed by atoms with van der Waals surface area (Å²) in [5.41, 5.74) is 3.73. The maximum Gasteiger partial charge on any atom is 0.241 e. The van der Waals surface area contributed by atoms with Gasteiger partial charge in [-0.25, -0.2) is 0 Å². The molecular formula is C27H36N2O2. The second kappa shape index (κ2) is 10.9. The Hall–Kier alpha value is -2.17. The van der Waals surface area contributed by atoms with Crippen molar-refractivity contribution in [3.8, 4) is 0 Å². The number of amides is 1. The molecule has 0 N–H and O–H groups in total. The van der Waals surface area contributed by atoms with E-state index in [0.717, 1.165) is 63.7 Å². The van der Waals surface area contributed by atoms with Gasteiger partial charge in [0, 0.05) is 31.4 Å². The summed E-state index contributed by atoms with van der Waals surface area (Å²) in [7, 11) is 0. The number of hydrogen-bond donors (Lipinski definition) is 0. The number of carbonyl (C=O) groups excluding carboxylic acids is 1. The van der Waals surface area contributed by atoms with Crippen LogP contribution >= 0.6 is 0 Å². The molecule has 0 radical (unpaired) electrons. The first-order valence-corrected chi connectivity index (χ1v) is 12.0. The average molecular weight is 421 g/mol. The van der Waals surface area contributed by atoms with E-state index in [9.17, 15) is 4.79 Å². The van der Waals surface area contributed by atoms with Gasteiger partial charge >= 0.3 is 0 Å². The van der Waals surface area contributed by atoms with E-state index in [0.29, 0.717) is 12.5 Å². The van der Waals surface area contributed by atoms with E-state index in [1.165, 1.54) is 24.0 Å². The average Bonchev–Trinajstić information content (AvgIpc) is 3.01. The van der Waals surface area contributed by atoms with Gasteiger partial charge in [-0.05, 0) is 75.2 Å². The van der Waals surface area contributed by atoms with Gasteiger partial charge in [0.25, 0.3) is 0 Å². The molecule has 1 atom stereocenters. The molecule has 2 heterocycles. The Morgan fingerprint density at radius 2 is 1.71 bits per heavy atom. The first-order valence-electron chi connectivity index (χ1n) is 12.0. The lowest BCUT2D eigenvalue weighted by molar-refractivity contribution is -0.120. The quantitative estimate of drug-likeness (QED) is 0.585. The number of hydrogen-bond acceptors (Lipinski definition) is 3. The van der Waals surface area contributed by atoms with Crippen LogP contribution in [0.15, 0.2) is 54.6 Å². The van der Waals surface area contributed by atoms with E-state index in [1.807, 2.05) is 0 Å². The third kappa shape index (κ3) is 5.55. The van der Waals surface area contributed by atoms with Crippen molar-refractivity contribution < 1.29 is 9.53 Å². The van der Waals surface area contributed by atoms with E-state index in [4.69, 9.17) is 4.74 Å². The predicted octanol–water partition coefficient (Wildman–Crippen LogP) is 5.08. The SMILES string of the molecule is CCOCCC1CCN(CC(=O)N2CCCC(c3ccccc3)c3ccccc32)CC1. The van der Waals surface area contributed by atoms with Crippen LogP contribution in [-0.4, -0.2) is 50.2 Å². The standard InChI is InChI=1S/C27H36N2O2/c1-2-31-20-16-22-14-18-28(19-15-22)21-27(30)29-17-8-12-24(23-9-4-3-5-10-23)25-11-6-7-13-26(25)29/h3-7,9-11,13,22,24H,2,8,12,14-21H2,1H3. The lowest BCUT2D eigenvalue weighted by atomic mass is 9.87. The normalized spacial score (nSPS) is 20.3. The van der Waals surface area contributed by atoms with E-state index in [2.05, 4.69) is 71.3 Å². The number of fused-ring (bicyclic) bond motifs is 1. The number of anilines is 1. The second-order valence-corrected chi connectivity index (χ2v) is 8.91. The van der Waals surface area contributed by atoms with Gasteiger partial charge in [-0.2, -0.15) is 0 Å². The van der Waals surface area contributed by atoms with Crippen LogP contribution in [0.2, 0.25) is 0 Å². The molecule has 2 aliphatic rings. The predicted molar refractivity (Wildman–Crippen MR) is 127 cm³/mol. The summed E-state index contributed by atoms with van der Waals surface area (Å²) in [6, 6.07) is 19.3. The molecule has 2 aromatic carbocycles. The van der Waals surface area contributed by atoms with Crippen molar-refractivity contribution >= 4 is 11.6 Å². The first-order chi connectivity index (χ1) is 15.3. The Balaban J connectivity index is 1.41. The summed E-state index contributed by atoms with van der Waals surface area (Å²) in [4.78, 5) is 17.8. The Bertz CT molecular complexity index is 830. The minimum absolute atomic E-state index is 0.244. The van der Waals surface area contributed by atoms with Gasteiger partial charge in [-0.3, -0.25) is 9.69 Å². The molecule has 0 aliphatic carbocycles. The molecule has 2 aromatic rings. The van der Waals surface area contributed by atoms with Gasteiger partial charge in [-0.15, -0.1) is 0 Å². The maximum absolute atomic E-state index is 13.4. The highest BCUT2D eigenvalue weighted by Gasteiger charge is 2.29. The molecule has 0 aromatic heterocycles. The highest BCUT2D eigenvalue weighted by Crippen LogP contribution is 2.38. The maximum atomic E-state index is 13.4. The van der Waals surface area contributed by atoms with Crippen molar-refractivity contribution in [2.75, 3.05) is 44.3 Å². The van der Waals surface area contributed by atoms with Crippen LogP contribution in [0.25, 0.3) is 0 Å². The van der Waals surface area contributed by atoms with Crippen molar-refractivity contribution in [2.45, 2.75) is 44.9 Å². The smallest absolute Gasteiger partial charge is 0.241 e. The number of carbonyl (C=O) groups is 1. The summed E-state index contributed by atoms with van der Waals surface area (Å²) in [6.07, 6.45) is 5.60. The Morgan fingerprint density at radius 3 is 2.48 bits per heavy atom. The van der Waals surface area contributed by atoms with Gasteiger partial charge < -0.3 is 9.64 Å². The number of ether oxygens (including phenoxy) is 1. The van der Waals surface area contributed by atoms with Crippen LogP contribution in [-0.2, 0) is 9.53 Å². The van der Waals surface area contributed by atoms with Crippen molar-refractivity contribution in [3.63, 3.8) is 0 Å². The number of piperidine rings is 1. The van der Waals surface area contributed by atoms with Crippen LogP contribution in [0.5, 0.6) is 0 Å². The van der Waals surface area contributed by atoms with E-state index in [1.54, 1.807) is 0 Å². The molecule has 1 saturated heterocycles. The summed E-state index contributed by atoms with van der Waals surface area (Å²) in [6.45, 7) is 7.10. The number of rotatable bonds is 7. The van der Waals surface area contributed by atoms with Crippen molar-refractivity contribution in [3.05, 3.63) is 65.7 Å². The van der Waals surface area contributed by atoms with Gasteiger partial charge in [0.2, 0.25) is 5.91 Å². The third-order valence-corrected chi connectivity index (χ3v) is 6.92. The first kappa shape index (κ1) is 22.0. The summed E-state index contributed by atoms with van der Waals surface area (Å²) >= 11 is 0. The molecule has 166 valence electrons. The largest absolute Gasteiger partial charge is 0.382 e. The van der Waals surface area contributed by atoms with Crippen LogP contribution in [0, 0.1) is 5.92 Å². The molecule has 4 rings (SSSR count). The molecule has 1 amide bonds. The summed E-state index contributed by atoms with van der Waals surface area (Å²) in [5.74, 6) is 1.34. The van der Waals surface area contributed by atoms with Crippen molar-refractivity contribution in [1.29, 1.82) is 0 Å². The minimum atomic E-state index is 0.244. The van der Waals surface area contributed by atoms with Crippen LogP contribution in [0.4, 0.5) is 5.69 Å². The van der Waals surface area contributed by atoms with E-state index >= 15 is 0 Å². The van der Waals surface area contributed by atoms with Gasteiger partial charge in [0.15, 0.2) is 0 Å². The number of benzene rings is 2. The lowest BCUT2D eigenvalue weighted by Crippen LogP contribution is -2.44. The lowest BCUT2D eigenvalue weighted by Gasteiger charge is -2.33. The molecule has 0 saturated carbocycles. The summed E-state index contributed by atoms with van der Waals surface area (Å²) in [5, 5.41) is 0. The Kier molecular flexibility index (Phi) is 7.76. The van der Waals surface area contributed by atoms with Crippen molar-refractivity contribution in [2.24, 2.45) is 5.92 Å². The molecule has 1 fully saturated rings.